The summed E-state index contributed by atoms with van der Waals surface area (Å²) in [6.07, 6.45) is 0.780. The van der Waals surface area contributed by atoms with Crippen LogP contribution >= 0.6 is 15.9 Å². The summed E-state index contributed by atoms with van der Waals surface area (Å²) in [6.45, 7) is 8.70. The Balaban J connectivity index is 2.80. The molecule has 0 heterocycles. The Morgan fingerprint density at radius 3 is 2.58 bits per heavy atom. The standard InChI is InChI=1S/C15H23BrN2O/c1-10-12(16)6-5-7-13(10)18-14(19)11(9-17)8-15(2,3)4/h5-7,11H,8-9,17H2,1-4H3,(H,18,19). The number of hydrogen-bond donors (Lipinski definition) is 2. The van der Waals surface area contributed by atoms with Gasteiger partial charge in [0.25, 0.3) is 0 Å². The first-order valence-corrected chi connectivity index (χ1v) is 7.30. The van der Waals surface area contributed by atoms with Crippen LogP contribution in [0, 0.1) is 18.3 Å². The van der Waals surface area contributed by atoms with Crippen molar-refractivity contribution in [2.24, 2.45) is 17.1 Å². The molecule has 0 radical (unpaired) electrons. The molecular weight excluding hydrogens is 304 g/mol. The minimum atomic E-state index is -0.154. The zero-order chi connectivity index (χ0) is 14.6. The summed E-state index contributed by atoms with van der Waals surface area (Å²) in [5, 5.41) is 2.98. The summed E-state index contributed by atoms with van der Waals surface area (Å²) in [4.78, 5) is 12.3. The number of rotatable bonds is 4. The van der Waals surface area contributed by atoms with Crippen molar-refractivity contribution in [2.45, 2.75) is 34.1 Å². The van der Waals surface area contributed by atoms with Crippen molar-refractivity contribution in [3.8, 4) is 0 Å². The molecule has 19 heavy (non-hydrogen) atoms. The molecule has 0 saturated carbocycles. The van der Waals surface area contributed by atoms with E-state index in [2.05, 4.69) is 42.0 Å². The predicted molar refractivity (Wildman–Crippen MR) is 84.1 cm³/mol. The summed E-state index contributed by atoms with van der Waals surface area (Å²) in [6, 6.07) is 5.77. The van der Waals surface area contributed by atoms with E-state index in [9.17, 15) is 4.79 Å². The third kappa shape index (κ3) is 4.96. The Morgan fingerprint density at radius 1 is 1.42 bits per heavy atom. The largest absolute Gasteiger partial charge is 0.330 e. The topological polar surface area (TPSA) is 55.1 Å². The van der Waals surface area contributed by atoms with Gasteiger partial charge in [0.05, 0.1) is 5.92 Å². The maximum atomic E-state index is 12.3. The van der Waals surface area contributed by atoms with E-state index in [4.69, 9.17) is 5.73 Å². The third-order valence-electron chi connectivity index (χ3n) is 3.04. The van der Waals surface area contributed by atoms with Gasteiger partial charge in [-0.25, -0.2) is 0 Å². The molecule has 0 bridgehead atoms. The average Bonchev–Trinajstić information content (AvgIpc) is 2.30. The molecule has 0 fully saturated rings. The zero-order valence-corrected chi connectivity index (χ0v) is 13.7. The van der Waals surface area contributed by atoms with Gasteiger partial charge >= 0.3 is 0 Å². The van der Waals surface area contributed by atoms with Crippen molar-refractivity contribution in [2.75, 3.05) is 11.9 Å². The Kier molecular flexibility index (Phi) is 5.56. The molecule has 0 spiro atoms. The van der Waals surface area contributed by atoms with E-state index in [0.29, 0.717) is 6.54 Å². The Hall–Kier alpha value is -0.870. The molecule has 4 heteroatoms. The van der Waals surface area contributed by atoms with Crippen LogP contribution in [0.25, 0.3) is 0 Å². The lowest BCUT2D eigenvalue weighted by molar-refractivity contribution is -0.120. The Morgan fingerprint density at radius 2 is 2.05 bits per heavy atom. The molecule has 3 nitrogen and oxygen atoms in total. The zero-order valence-electron chi connectivity index (χ0n) is 12.1. The van der Waals surface area contributed by atoms with Gasteiger partial charge < -0.3 is 11.1 Å². The average molecular weight is 327 g/mol. The summed E-state index contributed by atoms with van der Waals surface area (Å²) >= 11 is 3.46. The molecule has 1 atom stereocenters. The Bertz CT molecular complexity index is 452. The van der Waals surface area contributed by atoms with E-state index in [1.807, 2.05) is 25.1 Å². The van der Waals surface area contributed by atoms with Crippen LogP contribution in [0.4, 0.5) is 5.69 Å². The van der Waals surface area contributed by atoms with Crippen LogP contribution < -0.4 is 11.1 Å². The fourth-order valence-electron chi connectivity index (χ4n) is 2.00. The summed E-state index contributed by atoms with van der Waals surface area (Å²) < 4.78 is 0.991. The highest BCUT2D eigenvalue weighted by molar-refractivity contribution is 9.10. The maximum Gasteiger partial charge on any atom is 0.228 e. The van der Waals surface area contributed by atoms with E-state index < -0.39 is 0 Å². The van der Waals surface area contributed by atoms with Gasteiger partial charge in [-0.3, -0.25) is 4.79 Å². The molecule has 1 amide bonds. The quantitative estimate of drug-likeness (QED) is 0.886. The molecule has 0 aliphatic heterocycles. The van der Waals surface area contributed by atoms with Crippen molar-refractivity contribution in [1.29, 1.82) is 0 Å². The van der Waals surface area contributed by atoms with Crippen LogP contribution in [0.2, 0.25) is 0 Å². The second kappa shape index (κ2) is 6.53. The van der Waals surface area contributed by atoms with Crippen molar-refractivity contribution in [3.05, 3.63) is 28.2 Å². The van der Waals surface area contributed by atoms with Gasteiger partial charge in [-0.1, -0.05) is 42.8 Å². The lowest BCUT2D eigenvalue weighted by Crippen LogP contribution is -2.32. The highest BCUT2D eigenvalue weighted by Crippen LogP contribution is 2.27. The number of carbonyl (C=O) groups excluding carboxylic acids is 1. The van der Waals surface area contributed by atoms with Gasteiger partial charge in [-0.05, 0) is 36.5 Å². The van der Waals surface area contributed by atoms with Crippen molar-refractivity contribution < 1.29 is 4.79 Å². The van der Waals surface area contributed by atoms with Crippen molar-refractivity contribution in [3.63, 3.8) is 0 Å². The molecule has 0 aromatic heterocycles. The summed E-state index contributed by atoms with van der Waals surface area (Å²) in [5.74, 6) is -0.156. The Labute approximate surface area is 124 Å². The first-order chi connectivity index (χ1) is 8.74. The number of nitrogens with two attached hydrogens (primary N) is 1. The third-order valence-corrected chi connectivity index (χ3v) is 3.90. The minimum absolute atomic E-state index is 0.00127. The molecule has 0 saturated heterocycles. The van der Waals surface area contributed by atoms with Gasteiger partial charge in [0.1, 0.15) is 0 Å². The molecule has 106 valence electrons. The van der Waals surface area contributed by atoms with Gasteiger partial charge in [0, 0.05) is 16.7 Å². The molecule has 3 N–H and O–H groups in total. The van der Waals surface area contributed by atoms with Crippen LogP contribution in [0.15, 0.2) is 22.7 Å². The van der Waals surface area contributed by atoms with E-state index >= 15 is 0 Å². The van der Waals surface area contributed by atoms with E-state index in [0.717, 1.165) is 22.1 Å². The lowest BCUT2D eigenvalue weighted by atomic mass is 9.84. The van der Waals surface area contributed by atoms with Crippen LogP contribution in [0.1, 0.15) is 32.8 Å². The highest BCUT2D eigenvalue weighted by Gasteiger charge is 2.24. The molecule has 1 rings (SSSR count). The molecule has 0 aliphatic carbocycles. The number of hydrogen-bond acceptors (Lipinski definition) is 2. The normalized spacial score (nSPS) is 13.2. The second-order valence-electron chi connectivity index (χ2n) is 6.10. The summed E-state index contributed by atoms with van der Waals surface area (Å²) in [7, 11) is 0. The summed E-state index contributed by atoms with van der Waals surface area (Å²) in [5.41, 5.74) is 7.69. The SMILES string of the molecule is Cc1c(Br)cccc1NC(=O)C(CN)CC(C)(C)C. The smallest absolute Gasteiger partial charge is 0.228 e. The second-order valence-corrected chi connectivity index (χ2v) is 6.95. The number of benzene rings is 1. The molecular formula is C15H23BrN2O. The molecule has 1 unspecified atom stereocenters. The van der Waals surface area contributed by atoms with E-state index in [1.54, 1.807) is 0 Å². The maximum absolute atomic E-state index is 12.3. The predicted octanol–water partition coefficient (Wildman–Crippen LogP) is 3.71. The van der Waals surface area contributed by atoms with Crippen LogP contribution in [-0.4, -0.2) is 12.5 Å². The fraction of sp³-hybridized carbons (Fsp3) is 0.533. The van der Waals surface area contributed by atoms with E-state index in [-0.39, 0.29) is 17.2 Å². The molecule has 0 aliphatic rings. The number of carbonyl (C=O) groups is 1. The van der Waals surface area contributed by atoms with Crippen LogP contribution in [0.5, 0.6) is 0 Å². The number of halogens is 1. The lowest BCUT2D eigenvalue weighted by Gasteiger charge is -2.24. The molecule has 1 aromatic carbocycles. The first-order valence-electron chi connectivity index (χ1n) is 6.50. The van der Waals surface area contributed by atoms with Gasteiger partial charge in [0.15, 0.2) is 0 Å². The van der Waals surface area contributed by atoms with Crippen LogP contribution in [-0.2, 0) is 4.79 Å². The van der Waals surface area contributed by atoms with E-state index in [1.165, 1.54) is 0 Å². The van der Waals surface area contributed by atoms with Crippen molar-refractivity contribution >= 4 is 27.5 Å². The number of nitrogens with one attached hydrogen (secondary N) is 1. The fourth-order valence-corrected chi connectivity index (χ4v) is 2.37. The van der Waals surface area contributed by atoms with Gasteiger partial charge in [-0.15, -0.1) is 0 Å². The van der Waals surface area contributed by atoms with Crippen molar-refractivity contribution in [1.82, 2.24) is 0 Å². The first kappa shape index (κ1) is 16.2. The van der Waals surface area contributed by atoms with Crippen LogP contribution in [0.3, 0.4) is 0 Å². The highest BCUT2D eigenvalue weighted by atomic mass is 79.9. The monoisotopic (exact) mass is 326 g/mol. The number of amides is 1. The van der Waals surface area contributed by atoms with Gasteiger partial charge in [-0.2, -0.15) is 0 Å². The molecule has 1 aromatic rings. The van der Waals surface area contributed by atoms with Gasteiger partial charge in [0.2, 0.25) is 5.91 Å². The minimum Gasteiger partial charge on any atom is -0.330 e. The number of anilines is 1.